The van der Waals surface area contributed by atoms with Crippen LogP contribution in [0.3, 0.4) is 0 Å². The Morgan fingerprint density at radius 3 is 2.73 bits per heavy atom. The Kier molecular flexibility index (Phi) is 5.81. The smallest absolute Gasteiger partial charge is 0.234 e. The van der Waals surface area contributed by atoms with Crippen LogP contribution in [-0.2, 0) is 11.2 Å². The Hall–Kier alpha value is -3.19. The predicted octanol–water partition coefficient (Wildman–Crippen LogP) is 4.73. The number of aryl methyl sites for hydroxylation is 3. The monoisotopic (exact) mass is 417 g/mol. The standard InChI is InChI=1S/C23H23N5OS/c1-4-17-7-5-6-8-20(17)27-21(29)13-30-23-19-12-26-28(22(19)24-14-25-23)18-10-9-15(2)16(3)11-18/h5-12,14H,4,13H2,1-3H3,(H,27,29). The van der Waals surface area contributed by atoms with Crippen molar-refractivity contribution in [1.29, 1.82) is 0 Å². The molecule has 1 N–H and O–H groups in total. The van der Waals surface area contributed by atoms with E-state index in [2.05, 4.69) is 53.3 Å². The third-order valence-electron chi connectivity index (χ3n) is 5.08. The summed E-state index contributed by atoms with van der Waals surface area (Å²) >= 11 is 1.39. The number of benzene rings is 2. The van der Waals surface area contributed by atoms with Gasteiger partial charge in [-0.1, -0.05) is 43.0 Å². The molecule has 0 aliphatic rings. The maximum Gasteiger partial charge on any atom is 0.234 e. The molecule has 7 heteroatoms. The van der Waals surface area contributed by atoms with E-state index in [1.165, 1.54) is 29.2 Å². The van der Waals surface area contributed by atoms with Crippen LogP contribution in [0.25, 0.3) is 16.7 Å². The van der Waals surface area contributed by atoms with Crippen molar-refractivity contribution in [1.82, 2.24) is 19.7 Å². The number of carbonyl (C=O) groups is 1. The third-order valence-corrected chi connectivity index (χ3v) is 6.08. The summed E-state index contributed by atoms with van der Waals surface area (Å²) in [6.45, 7) is 6.24. The summed E-state index contributed by atoms with van der Waals surface area (Å²) in [5.74, 6) is 0.202. The fourth-order valence-electron chi connectivity index (χ4n) is 3.25. The number of thioether (sulfide) groups is 1. The summed E-state index contributed by atoms with van der Waals surface area (Å²) in [5, 5.41) is 9.09. The van der Waals surface area contributed by atoms with Crippen molar-refractivity contribution < 1.29 is 4.79 Å². The van der Waals surface area contributed by atoms with Crippen molar-refractivity contribution >= 4 is 34.4 Å². The van der Waals surface area contributed by atoms with Crippen LogP contribution in [0, 0.1) is 13.8 Å². The molecule has 1 amide bonds. The van der Waals surface area contributed by atoms with E-state index in [-0.39, 0.29) is 11.7 Å². The Morgan fingerprint density at radius 2 is 1.93 bits per heavy atom. The number of hydrogen-bond donors (Lipinski definition) is 1. The van der Waals surface area contributed by atoms with E-state index in [4.69, 9.17) is 0 Å². The van der Waals surface area contributed by atoms with Gasteiger partial charge in [0.15, 0.2) is 5.65 Å². The molecule has 6 nitrogen and oxygen atoms in total. The van der Waals surface area contributed by atoms with E-state index in [1.54, 1.807) is 6.20 Å². The van der Waals surface area contributed by atoms with Crippen molar-refractivity contribution in [3.05, 3.63) is 71.7 Å². The summed E-state index contributed by atoms with van der Waals surface area (Å²) in [6.07, 6.45) is 4.15. The highest BCUT2D eigenvalue weighted by Crippen LogP contribution is 2.26. The van der Waals surface area contributed by atoms with E-state index >= 15 is 0 Å². The number of aromatic nitrogens is 4. The molecule has 0 aliphatic heterocycles. The molecule has 0 bridgehead atoms. The van der Waals surface area contributed by atoms with Gasteiger partial charge in [-0.25, -0.2) is 14.6 Å². The molecule has 152 valence electrons. The van der Waals surface area contributed by atoms with Gasteiger partial charge >= 0.3 is 0 Å². The first-order chi connectivity index (χ1) is 14.6. The first-order valence-corrected chi connectivity index (χ1v) is 10.8. The van der Waals surface area contributed by atoms with Crippen molar-refractivity contribution in [2.75, 3.05) is 11.1 Å². The van der Waals surface area contributed by atoms with Gasteiger partial charge in [-0.15, -0.1) is 0 Å². The quantitative estimate of drug-likeness (QED) is 0.363. The minimum Gasteiger partial charge on any atom is -0.325 e. The first kappa shape index (κ1) is 20.1. The predicted molar refractivity (Wildman–Crippen MR) is 121 cm³/mol. The number of amides is 1. The molecule has 4 rings (SSSR count). The second-order valence-electron chi connectivity index (χ2n) is 7.09. The molecule has 0 spiro atoms. The Morgan fingerprint density at radius 1 is 1.10 bits per heavy atom. The summed E-state index contributed by atoms with van der Waals surface area (Å²) < 4.78 is 1.81. The van der Waals surface area contributed by atoms with Crippen molar-refractivity contribution in [3.8, 4) is 5.69 Å². The van der Waals surface area contributed by atoms with Crippen LogP contribution in [0.1, 0.15) is 23.6 Å². The van der Waals surface area contributed by atoms with E-state index in [9.17, 15) is 4.79 Å². The number of anilines is 1. The average Bonchev–Trinajstić information content (AvgIpc) is 3.19. The molecule has 0 saturated carbocycles. The lowest BCUT2D eigenvalue weighted by molar-refractivity contribution is -0.113. The molecule has 0 fully saturated rings. The maximum atomic E-state index is 12.5. The van der Waals surface area contributed by atoms with Gasteiger partial charge in [-0.3, -0.25) is 4.79 Å². The summed E-state index contributed by atoms with van der Waals surface area (Å²) in [7, 11) is 0. The molecule has 4 aromatic rings. The van der Waals surface area contributed by atoms with Crippen molar-refractivity contribution in [2.24, 2.45) is 0 Å². The highest BCUT2D eigenvalue weighted by molar-refractivity contribution is 8.00. The zero-order chi connectivity index (χ0) is 21.1. The van der Waals surface area contributed by atoms with Crippen molar-refractivity contribution in [3.63, 3.8) is 0 Å². The normalized spacial score (nSPS) is 11.0. The highest BCUT2D eigenvalue weighted by atomic mass is 32.2. The van der Waals surface area contributed by atoms with E-state index in [0.29, 0.717) is 0 Å². The molecule has 2 aromatic carbocycles. The lowest BCUT2D eigenvalue weighted by Gasteiger charge is -2.09. The average molecular weight is 418 g/mol. The minimum absolute atomic E-state index is 0.0609. The minimum atomic E-state index is -0.0609. The largest absolute Gasteiger partial charge is 0.325 e. The molecule has 0 radical (unpaired) electrons. The van der Waals surface area contributed by atoms with Crippen LogP contribution in [0.15, 0.2) is 60.0 Å². The lowest BCUT2D eigenvalue weighted by atomic mass is 10.1. The maximum absolute atomic E-state index is 12.5. The molecule has 30 heavy (non-hydrogen) atoms. The van der Waals surface area contributed by atoms with E-state index in [0.717, 1.165) is 39.4 Å². The van der Waals surface area contributed by atoms with Crippen LogP contribution >= 0.6 is 11.8 Å². The Labute approximate surface area is 179 Å². The molecular formula is C23H23N5OS. The van der Waals surface area contributed by atoms with Gasteiger partial charge < -0.3 is 5.32 Å². The lowest BCUT2D eigenvalue weighted by Crippen LogP contribution is -2.15. The van der Waals surface area contributed by atoms with Gasteiger partial charge in [0.05, 0.1) is 23.0 Å². The molecule has 2 heterocycles. The second-order valence-corrected chi connectivity index (χ2v) is 8.05. The van der Waals surface area contributed by atoms with Crippen LogP contribution in [-0.4, -0.2) is 31.4 Å². The van der Waals surface area contributed by atoms with Gasteiger partial charge in [-0.2, -0.15) is 5.10 Å². The Bertz CT molecular complexity index is 1220. The number of para-hydroxylation sites is 1. The van der Waals surface area contributed by atoms with Crippen LogP contribution < -0.4 is 5.32 Å². The molecule has 0 unspecified atom stereocenters. The van der Waals surface area contributed by atoms with Gasteiger partial charge in [0.2, 0.25) is 5.91 Å². The molecular weight excluding hydrogens is 394 g/mol. The second kappa shape index (κ2) is 8.67. The number of rotatable bonds is 6. The summed E-state index contributed by atoms with van der Waals surface area (Å²) in [6, 6.07) is 14.1. The number of fused-ring (bicyclic) bond motifs is 1. The van der Waals surface area contributed by atoms with Crippen LogP contribution in [0.4, 0.5) is 5.69 Å². The number of carbonyl (C=O) groups excluding carboxylic acids is 1. The highest BCUT2D eigenvalue weighted by Gasteiger charge is 2.14. The van der Waals surface area contributed by atoms with Crippen LogP contribution in [0.5, 0.6) is 0 Å². The number of nitrogens with zero attached hydrogens (tertiary/aromatic N) is 4. The molecule has 2 aromatic heterocycles. The van der Waals surface area contributed by atoms with Crippen LogP contribution in [0.2, 0.25) is 0 Å². The first-order valence-electron chi connectivity index (χ1n) is 9.83. The topological polar surface area (TPSA) is 72.7 Å². The van der Waals surface area contributed by atoms with Gasteiger partial charge in [-0.05, 0) is 55.2 Å². The van der Waals surface area contributed by atoms with E-state index in [1.807, 2.05) is 35.0 Å². The van der Waals surface area contributed by atoms with E-state index < -0.39 is 0 Å². The fraction of sp³-hybridized carbons (Fsp3) is 0.217. The fourth-order valence-corrected chi connectivity index (χ4v) is 4.02. The van der Waals surface area contributed by atoms with Gasteiger partial charge in [0, 0.05) is 5.69 Å². The summed E-state index contributed by atoms with van der Waals surface area (Å²) in [5.41, 5.74) is 6.10. The molecule has 0 saturated heterocycles. The molecule has 0 atom stereocenters. The van der Waals surface area contributed by atoms with Gasteiger partial charge in [0.25, 0.3) is 0 Å². The van der Waals surface area contributed by atoms with Gasteiger partial charge in [0.1, 0.15) is 11.4 Å². The zero-order valence-corrected chi connectivity index (χ0v) is 18.0. The Balaban J connectivity index is 1.53. The summed E-state index contributed by atoms with van der Waals surface area (Å²) in [4.78, 5) is 21.3. The number of hydrogen-bond acceptors (Lipinski definition) is 5. The molecule has 0 aliphatic carbocycles. The third kappa shape index (κ3) is 4.07. The SMILES string of the molecule is CCc1ccccc1NC(=O)CSc1ncnc2c1cnn2-c1ccc(C)c(C)c1. The zero-order valence-electron chi connectivity index (χ0n) is 17.2. The number of nitrogens with one attached hydrogen (secondary N) is 1. The van der Waals surface area contributed by atoms with Crippen molar-refractivity contribution in [2.45, 2.75) is 32.2 Å².